The Morgan fingerprint density at radius 2 is 1.70 bits per heavy atom. The van der Waals surface area contributed by atoms with Crippen molar-refractivity contribution in [3.63, 3.8) is 0 Å². The van der Waals surface area contributed by atoms with Crippen molar-refractivity contribution in [3.8, 4) is 11.5 Å². The first kappa shape index (κ1) is 11.4. The summed E-state index contributed by atoms with van der Waals surface area (Å²) >= 11 is 0. The molecule has 2 radical (unpaired) electrons. The van der Waals surface area contributed by atoms with E-state index in [1.165, 1.54) is 5.56 Å². The topological polar surface area (TPSA) is 18.5 Å². The molecule has 0 spiro atoms. The molecule has 0 unspecified atom stereocenters. The third-order valence-electron chi connectivity index (χ3n) is 3.46. The van der Waals surface area contributed by atoms with E-state index in [2.05, 4.69) is 12.5 Å². The minimum Gasteiger partial charge on any atom is -0.464 e. The number of fused-ring (bicyclic) bond motifs is 2. The molecule has 2 aromatic rings. The molecule has 0 fully saturated rings. The molecule has 2 aliphatic heterocycles. The fourth-order valence-corrected chi connectivity index (χ4v) is 2.42. The van der Waals surface area contributed by atoms with Gasteiger partial charge in [0.1, 0.15) is 17.3 Å². The van der Waals surface area contributed by atoms with Gasteiger partial charge in [-0.25, -0.2) is 0 Å². The average Bonchev–Trinajstić information content (AvgIpc) is 2.54. The zero-order chi connectivity index (χ0) is 13.4. The molecule has 2 aliphatic rings. The van der Waals surface area contributed by atoms with Crippen LogP contribution in [0.15, 0.2) is 72.2 Å². The molecule has 0 amide bonds. The summed E-state index contributed by atoms with van der Waals surface area (Å²) in [6, 6.07) is 15.9. The van der Waals surface area contributed by atoms with Crippen LogP contribution in [0.25, 0.3) is 0 Å². The molecule has 2 heterocycles. The Hall–Kier alpha value is -2.48. The summed E-state index contributed by atoms with van der Waals surface area (Å²) in [5.74, 6) is 2.56. The van der Waals surface area contributed by atoms with Crippen molar-refractivity contribution in [2.45, 2.75) is 6.42 Å². The Morgan fingerprint density at radius 1 is 0.900 bits per heavy atom. The third-order valence-corrected chi connectivity index (χ3v) is 3.46. The fraction of sp³-hybridized carbons (Fsp3) is 0.0556. The second-order valence-electron chi connectivity index (χ2n) is 4.80. The van der Waals surface area contributed by atoms with Gasteiger partial charge in [0.15, 0.2) is 0 Å². The van der Waals surface area contributed by atoms with Crippen molar-refractivity contribution >= 4 is 0 Å². The number of ether oxygens (including phenoxy) is 2. The average molecular weight is 260 g/mol. The van der Waals surface area contributed by atoms with Crippen molar-refractivity contribution < 1.29 is 9.47 Å². The maximum atomic E-state index is 5.94. The molecule has 0 N–H and O–H groups in total. The molecule has 2 nitrogen and oxygen atoms in total. The zero-order valence-electron chi connectivity index (χ0n) is 10.8. The van der Waals surface area contributed by atoms with Gasteiger partial charge in [0.25, 0.3) is 0 Å². The summed E-state index contributed by atoms with van der Waals surface area (Å²) in [4.78, 5) is 0. The first-order chi connectivity index (χ1) is 9.90. The van der Waals surface area contributed by atoms with Crippen LogP contribution in [0.1, 0.15) is 11.1 Å². The summed E-state index contributed by atoms with van der Waals surface area (Å²) in [5.41, 5.74) is 3.19. The van der Waals surface area contributed by atoms with Crippen LogP contribution < -0.4 is 9.47 Å². The van der Waals surface area contributed by atoms with E-state index in [9.17, 15) is 0 Å². The van der Waals surface area contributed by atoms with Gasteiger partial charge < -0.3 is 9.47 Å². The van der Waals surface area contributed by atoms with Crippen molar-refractivity contribution in [3.05, 3.63) is 89.7 Å². The van der Waals surface area contributed by atoms with Gasteiger partial charge in [-0.05, 0) is 23.8 Å². The van der Waals surface area contributed by atoms with Gasteiger partial charge in [-0.3, -0.25) is 0 Å². The van der Waals surface area contributed by atoms with Gasteiger partial charge in [-0.2, -0.15) is 0 Å². The molecule has 0 aromatic heterocycles. The van der Waals surface area contributed by atoms with Crippen molar-refractivity contribution in [2.75, 3.05) is 0 Å². The molecular weight excluding hydrogens is 248 g/mol. The largest absolute Gasteiger partial charge is 0.464 e. The fourth-order valence-electron chi connectivity index (χ4n) is 2.42. The quantitative estimate of drug-likeness (QED) is 0.774. The number of hydrogen-bond donors (Lipinski definition) is 0. The van der Waals surface area contributed by atoms with Gasteiger partial charge in [0.05, 0.1) is 12.7 Å². The van der Waals surface area contributed by atoms with Crippen LogP contribution in [0.5, 0.6) is 11.5 Å². The van der Waals surface area contributed by atoms with E-state index in [0.29, 0.717) is 0 Å². The number of hydrogen-bond acceptors (Lipinski definition) is 2. The lowest BCUT2D eigenvalue weighted by atomic mass is 9.99. The van der Waals surface area contributed by atoms with Crippen LogP contribution in [-0.4, -0.2) is 0 Å². The second kappa shape index (κ2) is 4.57. The molecule has 2 aromatic carbocycles. The molecule has 20 heavy (non-hydrogen) atoms. The lowest BCUT2D eigenvalue weighted by molar-refractivity contribution is 0.403. The molecule has 4 rings (SSSR count). The molecule has 0 saturated heterocycles. The standard InChI is InChI=1S/C18H12O2/c1-4-8-17-13(5-1)9-10-18(20-17)15-11-14-6-2-3-7-16(14)19-12-15/h1-8,10,12H,11H2. The van der Waals surface area contributed by atoms with Crippen LogP contribution in [0.4, 0.5) is 0 Å². The number of rotatable bonds is 1. The summed E-state index contributed by atoms with van der Waals surface area (Å²) < 4.78 is 11.6. The lowest BCUT2D eigenvalue weighted by Gasteiger charge is -2.22. The smallest absolute Gasteiger partial charge is 0.131 e. The second-order valence-corrected chi connectivity index (χ2v) is 4.80. The van der Waals surface area contributed by atoms with Crippen LogP contribution >= 0.6 is 0 Å². The van der Waals surface area contributed by atoms with E-state index in [4.69, 9.17) is 9.47 Å². The van der Waals surface area contributed by atoms with Gasteiger partial charge in [-0.15, -0.1) is 0 Å². The predicted molar refractivity (Wildman–Crippen MR) is 76.4 cm³/mol. The highest BCUT2D eigenvalue weighted by atomic mass is 16.5. The van der Waals surface area contributed by atoms with Crippen LogP contribution in [0.3, 0.4) is 0 Å². The van der Waals surface area contributed by atoms with E-state index in [-0.39, 0.29) is 0 Å². The number of allylic oxidation sites excluding steroid dienone is 2. The maximum absolute atomic E-state index is 5.94. The third kappa shape index (κ3) is 1.90. The van der Waals surface area contributed by atoms with E-state index < -0.39 is 0 Å². The van der Waals surface area contributed by atoms with Crippen molar-refractivity contribution in [2.24, 2.45) is 0 Å². The number of para-hydroxylation sites is 2. The first-order valence-electron chi connectivity index (χ1n) is 6.58. The molecular formula is C18H12O2. The Labute approximate surface area is 118 Å². The predicted octanol–water partition coefficient (Wildman–Crippen LogP) is 3.91. The number of benzene rings is 2. The van der Waals surface area contributed by atoms with E-state index in [1.54, 1.807) is 6.26 Å². The summed E-state index contributed by atoms with van der Waals surface area (Å²) in [6.07, 6.45) is 7.71. The normalized spacial score (nSPS) is 16.0. The highest BCUT2D eigenvalue weighted by molar-refractivity contribution is 5.51. The van der Waals surface area contributed by atoms with Crippen LogP contribution in [0, 0.1) is 6.42 Å². The van der Waals surface area contributed by atoms with Gasteiger partial charge in [0, 0.05) is 17.6 Å². The van der Waals surface area contributed by atoms with Crippen LogP contribution in [0.2, 0.25) is 0 Å². The van der Waals surface area contributed by atoms with E-state index in [1.807, 2.05) is 48.5 Å². The van der Waals surface area contributed by atoms with Gasteiger partial charge >= 0.3 is 0 Å². The van der Waals surface area contributed by atoms with Crippen molar-refractivity contribution in [1.82, 2.24) is 0 Å². The zero-order valence-corrected chi connectivity index (χ0v) is 10.8. The minimum absolute atomic E-state index is 0.804. The van der Waals surface area contributed by atoms with E-state index >= 15 is 0 Å². The molecule has 0 bridgehead atoms. The van der Waals surface area contributed by atoms with Gasteiger partial charge in [0.2, 0.25) is 0 Å². The summed E-state index contributed by atoms with van der Waals surface area (Å²) in [7, 11) is 0. The highest BCUT2D eigenvalue weighted by Crippen LogP contribution is 2.34. The van der Waals surface area contributed by atoms with E-state index in [0.717, 1.165) is 34.8 Å². The molecule has 2 heteroatoms. The van der Waals surface area contributed by atoms with Crippen molar-refractivity contribution in [1.29, 1.82) is 0 Å². The Bertz CT molecular complexity index is 662. The monoisotopic (exact) mass is 260 g/mol. The highest BCUT2D eigenvalue weighted by Gasteiger charge is 2.20. The van der Waals surface area contributed by atoms with Crippen LogP contribution in [-0.2, 0) is 6.42 Å². The molecule has 0 aliphatic carbocycles. The molecule has 96 valence electrons. The van der Waals surface area contributed by atoms with Gasteiger partial charge in [-0.1, -0.05) is 36.4 Å². The SMILES string of the molecule is [C]1C=C(C2=COc3ccccc3C2)Oc2ccccc21. The molecule has 0 saturated carbocycles. The Kier molecular flexibility index (Phi) is 2.59. The molecule has 0 atom stereocenters. The first-order valence-corrected chi connectivity index (χ1v) is 6.58. The summed E-state index contributed by atoms with van der Waals surface area (Å²) in [5, 5.41) is 0. The Morgan fingerprint density at radius 3 is 2.65 bits per heavy atom. The summed E-state index contributed by atoms with van der Waals surface area (Å²) in [6.45, 7) is 0. The Balaban J connectivity index is 1.62. The minimum atomic E-state index is 0.804. The lowest BCUT2D eigenvalue weighted by Crippen LogP contribution is -2.11. The maximum Gasteiger partial charge on any atom is 0.131 e.